The predicted octanol–water partition coefficient (Wildman–Crippen LogP) is 2.69. The number of nitrogens with zero attached hydrogens (tertiary/aromatic N) is 2. The van der Waals surface area contributed by atoms with E-state index in [1.807, 2.05) is 0 Å². The summed E-state index contributed by atoms with van der Waals surface area (Å²) in [4.78, 5) is 5.80. The Morgan fingerprint density at radius 2 is 2.43 bits per heavy atom. The van der Waals surface area contributed by atoms with Crippen LogP contribution in [0, 0.1) is 0 Å². The van der Waals surface area contributed by atoms with Crippen molar-refractivity contribution in [1.29, 1.82) is 0 Å². The Kier molecular flexibility index (Phi) is 3.29. The molecule has 1 aliphatic rings. The summed E-state index contributed by atoms with van der Waals surface area (Å²) in [6.07, 6.45) is 5.52. The minimum absolute atomic E-state index is 0.467. The van der Waals surface area contributed by atoms with Crippen molar-refractivity contribution in [3.05, 3.63) is 47.1 Å². The van der Waals surface area contributed by atoms with E-state index in [0.29, 0.717) is 24.8 Å². The zero-order chi connectivity index (χ0) is 14.2. The van der Waals surface area contributed by atoms with Gasteiger partial charge in [0.2, 0.25) is 0 Å². The van der Waals surface area contributed by atoms with Gasteiger partial charge in [-0.05, 0) is 25.0 Å². The molecule has 21 heavy (non-hydrogen) atoms. The lowest BCUT2D eigenvalue weighted by Gasteiger charge is -2.10. The van der Waals surface area contributed by atoms with E-state index in [1.165, 1.54) is 24.2 Å². The van der Waals surface area contributed by atoms with Gasteiger partial charge in [-0.2, -0.15) is 0 Å². The van der Waals surface area contributed by atoms with Crippen molar-refractivity contribution in [2.75, 3.05) is 6.54 Å². The molecule has 0 aromatic carbocycles. The van der Waals surface area contributed by atoms with Gasteiger partial charge in [-0.15, -0.1) is 11.3 Å². The van der Waals surface area contributed by atoms with Gasteiger partial charge in [0.15, 0.2) is 4.96 Å². The number of aromatic nitrogens is 2. The highest BCUT2D eigenvalue weighted by atomic mass is 32.1. The maximum absolute atomic E-state index is 10.0. The molecule has 1 atom stereocenters. The molecular weight excluding hydrogens is 286 g/mol. The maximum atomic E-state index is 10.0. The van der Waals surface area contributed by atoms with E-state index in [0.717, 1.165) is 4.96 Å². The van der Waals surface area contributed by atoms with Gasteiger partial charge in [0.25, 0.3) is 0 Å². The Morgan fingerprint density at radius 3 is 3.19 bits per heavy atom. The second-order valence-electron chi connectivity index (χ2n) is 5.44. The summed E-state index contributed by atoms with van der Waals surface area (Å²) in [7, 11) is 0. The van der Waals surface area contributed by atoms with E-state index in [4.69, 9.17) is 9.40 Å². The maximum Gasteiger partial charge on any atom is 0.194 e. The normalized spacial score (nSPS) is 16.6. The quantitative estimate of drug-likeness (QED) is 0.735. The number of rotatable bonds is 6. The van der Waals surface area contributed by atoms with Crippen LogP contribution < -0.4 is 5.32 Å². The standard InChI is InChI=1S/C15H17N3O2S/c19-12(13-2-1-6-20-13)9-16-8-11-14(10-3-4-10)17-15-18(11)5-7-21-15/h1-2,5-7,10,12,16,19H,3-4,8-9H2. The molecule has 3 aromatic heterocycles. The zero-order valence-electron chi connectivity index (χ0n) is 11.5. The molecule has 3 heterocycles. The fraction of sp³-hybridized carbons (Fsp3) is 0.400. The number of nitrogens with one attached hydrogen (secondary N) is 1. The van der Waals surface area contributed by atoms with Crippen LogP contribution in [0.5, 0.6) is 0 Å². The molecule has 0 aliphatic heterocycles. The van der Waals surface area contributed by atoms with Gasteiger partial charge in [-0.3, -0.25) is 4.40 Å². The van der Waals surface area contributed by atoms with Crippen LogP contribution in [0.3, 0.4) is 0 Å². The average molecular weight is 303 g/mol. The summed E-state index contributed by atoms with van der Waals surface area (Å²) < 4.78 is 7.36. The number of furan rings is 1. The first-order chi connectivity index (χ1) is 10.3. The summed E-state index contributed by atoms with van der Waals surface area (Å²) >= 11 is 1.66. The molecule has 2 N–H and O–H groups in total. The number of thiazole rings is 1. The third-order valence-electron chi connectivity index (χ3n) is 3.86. The number of imidazole rings is 1. The Bertz CT molecular complexity index is 727. The Morgan fingerprint density at radius 1 is 1.52 bits per heavy atom. The van der Waals surface area contributed by atoms with Crippen LogP contribution in [0.15, 0.2) is 34.4 Å². The lowest BCUT2D eigenvalue weighted by Crippen LogP contribution is -2.22. The molecule has 0 radical (unpaired) electrons. The number of fused-ring (bicyclic) bond motifs is 1. The molecule has 4 rings (SSSR count). The highest BCUT2D eigenvalue weighted by Crippen LogP contribution is 2.41. The summed E-state index contributed by atoms with van der Waals surface area (Å²) in [6.45, 7) is 1.18. The van der Waals surface area contributed by atoms with E-state index in [1.54, 1.807) is 29.7 Å². The van der Waals surface area contributed by atoms with Crippen molar-refractivity contribution in [2.24, 2.45) is 0 Å². The molecule has 0 amide bonds. The zero-order valence-corrected chi connectivity index (χ0v) is 12.3. The van der Waals surface area contributed by atoms with E-state index in [-0.39, 0.29) is 0 Å². The third-order valence-corrected chi connectivity index (χ3v) is 4.61. The fourth-order valence-electron chi connectivity index (χ4n) is 2.62. The second-order valence-corrected chi connectivity index (χ2v) is 6.31. The van der Waals surface area contributed by atoms with Crippen molar-refractivity contribution in [3.8, 4) is 0 Å². The Labute approximate surface area is 126 Å². The smallest absolute Gasteiger partial charge is 0.194 e. The first kappa shape index (κ1) is 13.1. The van der Waals surface area contributed by atoms with Crippen LogP contribution in [0.2, 0.25) is 0 Å². The van der Waals surface area contributed by atoms with Gasteiger partial charge in [-0.1, -0.05) is 0 Å². The topological polar surface area (TPSA) is 62.7 Å². The summed E-state index contributed by atoms with van der Waals surface area (Å²) in [5, 5.41) is 15.4. The van der Waals surface area contributed by atoms with Crippen LogP contribution in [-0.2, 0) is 6.54 Å². The van der Waals surface area contributed by atoms with Gasteiger partial charge in [0.05, 0.1) is 17.7 Å². The van der Waals surface area contributed by atoms with Crippen LogP contribution in [-0.4, -0.2) is 21.0 Å². The van der Waals surface area contributed by atoms with Gasteiger partial charge >= 0.3 is 0 Å². The largest absolute Gasteiger partial charge is 0.467 e. The van der Waals surface area contributed by atoms with E-state index < -0.39 is 6.10 Å². The van der Waals surface area contributed by atoms with Crippen LogP contribution >= 0.6 is 11.3 Å². The number of hydrogen-bond donors (Lipinski definition) is 2. The van der Waals surface area contributed by atoms with E-state index in [9.17, 15) is 5.11 Å². The first-order valence-electron chi connectivity index (χ1n) is 7.19. The third kappa shape index (κ3) is 2.50. The van der Waals surface area contributed by atoms with Gasteiger partial charge < -0.3 is 14.8 Å². The van der Waals surface area contributed by atoms with Crippen LogP contribution in [0.4, 0.5) is 0 Å². The highest BCUT2D eigenvalue weighted by Gasteiger charge is 2.30. The molecular formula is C15H17N3O2S. The predicted molar refractivity (Wildman–Crippen MR) is 80.4 cm³/mol. The molecule has 0 spiro atoms. The molecule has 110 valence electrons. The second kappa shape index (κ2) is 5.29. The number of aliphatic hydroxyl groups is 1. The Hall–Kier alpha value is -1.63. The van der Waals surface area contributed by atoms with Gasteiger partial charge in [0.1, 0.15) is 11.9 Å². The van der Waals surface area contributed by atoms with Crippen molar-refractivity contribution >= 4 is 16.3 Å². The van der Waals surface area contributed by atoms with Crippen LogP contribution in [0.1, 0.15) is 42.0 Å². The van der Waals surface area contributed by atoms with Crippen molar-refractivity contribution < 1.29 is 9.52 Å². The lowest BCUT2D eigenvalue weighted by atomic mass is 10.2. The minimum Gasteiger partial charge on any atom is -0.467 e. The summed E-state index contributed by atoms with van der Waals surface area (Å²) in [5.74, 6) is 1.22. The van der Waals surface area contributed by atoms with Crippen LogP contribution in [0.25, 0.3) is 4.96 Å². The van der Waals surface area contributed by atoms with Crippen molar-refractivity contribution in [1.82, 2.24) is 14.7 Å². The molecule has 1 saturated carbocycles. The molecule has 3 aromatic rings. The van der Waals surface area contributed by atoms with E-state index >= 15 is 0 Å². The molecule has 0 saturated heterocycles. The van der Waals surface area contributed by atoms with E-state index in [2.05, 4.69) is 21.3 Å². The fourth-order valence-corrected chi connectivity index (χ4v) is 3.36. The van der Waals surface area contributed by atoms with Crippen molar-refractivity contribution in [3.63, 3.8) is 0 Å². The molecule has 1 unspecified atom stereocenters. The summed E-state index contributed by atoms with van der Waals surface area (Å²) in [6, 6.07) is 3.58. The summed E-state index contributed by atoms with van der Waals surface area (Å²) in [5.41, 5.74) is 2.45. The van der Waals surface area contributed by atoms with Gasteiger partial charge in [-0.25, -0.2) is 4.98 Å². The van der Waals surface area contributed by atoms with Gasteiger partial charge in [0, 0.05) is 30.6 Å². The first-order valence-corrected chi connectivity index (χ1v) is 8.07. The average Bonchev–Trinajstić information content (AvgIpc) is 2.94. The molecule has 6 heteroatoms. The lowest BCUT2D eigenvalue weighted by molar-refractivity contribution is 0.147. The highest BCUT2D eigenvalue weighted by molar-refractivity contribution is 7.15. The minimum atomic E-state index is -0.615. The molecule has 5 nitrogen and oxygen atoms in total. The number of aliphatic hydroxyl groups excluding tert-OH is 1. The number of hydrogen-bond acceptors (Lipinski definition) is 5. The van der Waals surface area contributed by atoms with Crippen molar-refractivity contribution in [2.45, 2.75) is 31.4 Å². The Balaban J connectivity index is 1.46. The SMILES string of the molecule is OC(CNCc1c(C2CC2)nc2sccn12)c1ccco1. The monoisotopic (exact) mass is 303 g/mol. The molecule has 1 fully saturated rings. The molecule has 1 aliphatic carbocycles. The molecule has 0 bridgehead atoms.